The number of amides is 1. The summed E-state index contributed by atoms with van der Waals surface area (Å²) in [5.74, 6) is -0.00160. The molecule has 0 saturated carbocycles. The van der Waals surface area contributed by atoms with Crippen LogP contribution in [0.25, 0.3) is 0 Å². The molecule has 0 unspecified atom stereocenters. The number of aromatic amines is 1. The third-order valence-electron chi connectivity index (χ3n) is 3.62. The molecule has 0 aromatic carbocycles. The van der Waals surface area contributed by atoms with E-state index in [9.17, 15) is 9.90 Å². The van der Waals surface area contributed by atoms with Crippen LogP contribution in [0, 0.1) is 10.9 Å². The Balaban J connectivity index is 1.95. The van der Waals surface area contributed by atoms with Crippen LogP contribution >= 0.6 is 23.6 Å². The summed E-state index contributed by atoms with van der Waals surface area (Å²) in [5, 5.41) is 10.4. The monoisotopic (exact) mass is 316 g/mol. The number of H-pyrrole nitrogens is 1. The third-order valence-corrected chi connectivity index (χ3v) is 4.95. The highest BCUT2D eigenvalue weighted by molar-refractivity contribution is 7.73. The lowest BCUT2D eigenvalue weighted by Gasteiger charge is -2.35. The zero-order valence-electron chi connectivity index (χ0n) is 11.8. The Kier molecular flexibility index (Phi) is 4.95. The summed E-state index contributed by atoms with van der Waals surface area (Å²) < 4.78 is 5.93. The number of hydrogen-bond acceptors (Lipinski definition) is 5. The highest BCUT2D eigenvalue weighted by Gasteiger charge is 2.32. The molecule has 1 aromatic heterocycles. The van der Waals surface area contributed by atoms with Gasteiger partial charge in [-0.3, -0.25) is 4.79 Å². The van der Waals surface area contributed by atoms with Crippen molar-refractivity contribution < 1.29 is 14.6 Å². The molecular weight excluding hydrogens is 296 g/mol. The van der Waals surface area contributed by atoms with Crippen LogP contribution in [0.2, 0.25) is 0 Å². The topological polar surface area (TPSA) is 65.6 Å². The molecule has 5 nitrogen and oxygen atoms in total. The second-order valence-corrected chi connectivity index (χ2v) is 7.10. The Hall–Kier alpha value is -0.760. The minimum atomic E-state index is -0.817. The Labute approximate surface area is 127 Å². The normalized spacial score (nSPS) is 17.9. The molecule has 0 radical (unpaired) electrons. The number of ether oxygens (including phenoxy) is 1. The van der Waals surface area contributed by atoms with Crippen molar-refractivity contribution >= 4 is 29.5 Å². The summed E-state index contributed by atoms with van der Waals surface area (Å²) in [5.41, 5.74) is 0.133. The van der Waals surface area contributed by atoms with Gasteiger partial charge in [0.2, 0.25) is 5.91 Å². The maximum absolute atomic E-state index is 12.2. The Morgan fingerprint density at radius 2 is 2.20 bits per heavy atom. The van der Waals surface area contributed by atoms with Gasteiger partial charge in [-0.15, -0.1) is 11.3 Å². The highest BCUT2D eigenvalue weighted by atomic mass is 32.1. The lowest BCUT2D eigenvalue weighted by Crippen LogP contribution is -2.47. The minimum absolute atomic E-state index is 0.00160. The molecule has 1 aliphatic heterocycles. The van der Waals surface area contributed by atoms with E-state index >= 15 is 0 Å². The summed E-state index contributed by atoms with van der Waals surface area (Å²) >= 11 is 6.51. The van der Waals surface area contributed by atoms with Crippen LogP contribution in [0.3, 0.4) is 0 Å². The number of nitrogens with one attached hydrogen (secondary N) is 1. The van der Waals surface area contributed by atoms with E-state index in [-0.39, 0.29) is 5.91 Å². The number of aryl methyl sites for hydroxylation is 1. The van der Waals surface area contributed by atoms with Gasteiger partial charge in [0.05, 0.1) is 12.0 Å². The summed E-state index contributed by atoms with van der Waals surface area (Å²) in [6, 6.07) is 0. The van der Waals surface area contributed by atoms with E-state index < -0.39 is 5.60 Å². The fourth-order valence-corrected chi connectivity index (χ4v) is 3.60. The molecule has 2 rings (SSSR count). The largest absolute Gasteiger partial charge is 0.388 e. The summed E-state index contributed by atoms with van der Waals surface area (Å²) in [6.45, 7) is 3.37. The van der Waals surface area contributed by atoms with Crippen LogP contribution < -0.4 is 0 Å². The quantitative estimate of drug-likeness (QED) is 0.829. The van der Waals surface area contributed by atoms with Crippen molar-refractivity contribution in [3.63, 3.8) is 0 Å². The number of aliphatic hydroxyl groups is 1. The van der Waals surface area contributed by atoms with E-state index in [1.807, 2.05) is 6.92 Å². The molecule has 1 aliphatic rings. The lowest BCUT2D eigenvalue weighted by atomic mass is 9.94. The molecule has 1 aromatic rings. The van der Waals surface area contributed by atoms with Crippen LogP contribution in [0.4, 0.5) is 0 Å². The maximum atomic E-state index is 12.2. The maximum Gasteiger partial charge on any atom is 0.227 e. The molecule has 0 bridgehead atoms. The van der Waals surface area contributed by atoms with E-state index in [1.165, 1.54) is 11.3 Å². The zero-order chi connectivity index (χ0) is 14.8. The fraction of sp³-hybridized carbons (Fsp3) is 0.692. The van der Waals surface area contributed by atoms with Crippen molar-refractivity contribution in [2.45, 2.75) is 31.8 Å². The molecule has 1 saturated heterocycles. The standard InChI is InChI=1S/C13H20N2O3S2/c1-9-10(20-12(19)14-9)7-11(16)15(2)8-13(17)3-5-18-6-4-13/h17H,3-8H2,1-2H3,(H,14,19). The second kappa shape index (κ2) is 6.34. The number of carbonyl (C=O) groups excluding carboxylic acids is 1. The second-order valence-electron chi connectivity index (χ2n) is 5.33. The predicted octanol–water partition coefficient (Wildman–Crippen LogP) is 1.66. The van der Waals surface area contributed by atoms with Crippen LogP contribution in [0.15, 0.2) is 0 Å². The Morgan fingerprint density at radius 1 is 1.55 bits per heavy atom. The van der Waals surface area contributed by atoms with Crippen LogP contribution in [-0.2, 0) is 16.0 Å². The first-order valence-corrected chi connectivity index (χ1v) is 7.85. The van der Waals surface area contributed by atoms with Crippen molar-refractivity contribution in [3.05, 3.63) is 14.5 Å². The summed E-state index contributed by atoms with van der Waals surface area (Å²) in [4.78, 5) is 17.8. The summed E-state index contributed by atoms with van der Waals surface area (Å²) in [6.07, 6.45) is 1.48. The smallest absolute Gasteiger partial charge is 0.227 e. The first-order valence-electron chi connectivity index (χ1n) is 6.62. The summed E-state index contributed by atoms with van der Waals surface area (Å²) in [7, 11) is 1.73. The molecule has 7 heteroatoms. The van der Waals surface area contributed by atoms with Crippen molar-refractivity contribution in [2.24, 2.45) is 0 Å². The number of hydrogen-bond donors (Lipinski definition) is 2. The van der Waals surface area contributed by atoms with E-state index in [2.05, 4.69) is 4.98 Å². The van der Waals surface area contributed by atoms with Gasteiger partial charge < -0.3 is 19.7 Å². The van der Waals surface area contributed by atoms with E-state index in [1.54, 1.807) is 11.9 Å². The molecule has 2 heterocycles. The van der Waals surface area contributed by atoms with Gasteiger partial charge in [-0.1, -0.05) is 0 Å². The Bertz CT molecular complexity index is 532. The average Bonchev–Trinajstić information content (AvgIpc) is 2.68. The van der Waals surface area contributed by atoms with Crippen LogP contribution in [0.5, 0.6) is 0 Å². The molecule has 112 valence electrons. The molecule has 20 heavy (non-hydrogen) atoms. The molecule has 1 fully saturated rings. The molecule has 0 spiro atoms. The SMILES string of the molecule is Cc1[nH]c(=S)sc1CC(=O)N(C)CC1(O)CCOCC1. The molecule has 2 N–H and O–H groups in total. The third kappa shape index (κ3) is 3.88. The van der Waals surface area contributed by atoms with E-state index in [0.29, 0.717) is 43.0 Å². The molecular formula is C13H20N2O3S2. The molecule has 0 atom stereocenters. The first-order chi connectivity index (χ1) is 9.39. The van der Waals surface area contributed by atoms with E-state index in [4.69, 9.17) is 17.0 Å². The first kappa shape index (κ1) is 15.6. The van der Waals surface area contributed by atoms with Crippen molar-refractivity contribution in [2.75, 3.05) is 26.8 Å². The van der Waals surface area contributed by atoms with E-state index in [0.717, 1.165) is 10.6 Å². The molecule has 1 amide bonds. The van der Waals surface area contributed by atoms with Crippen molar-refractivity contribution in [1.29, 1.82) is 0 Å². The fourth-order valence-electron chi connectivity index (χ4n) is 2.32. The minimum Gasteiger partial charge on any atom is -0.388 e. The number of nitrogens with zero attached hydrogens (tertiary/aromatic N) is 1. The lowest BCUT2D eigenvalue weighted by molar-refractivity contribution is -0.136. The van der Waals surface area contributed by atoms with Crippen molar-refractivity contribution in [3.8, 4) is 0 Å². The van der Waals surface area contributed by atoms with Gasteiger partial charge in [-0.05, 0) is 19.1 Å². The van der Waals surface area contributed by atoms with Gasteiger partial charge in [0, 0.05) is 50.2 Å². The molecule has 0 aliphatic carbocycles. The number of thiazole rings is 1. The van der Waals surface area contributed by atoms with Gasteiger partial charge in [0.1, 0.15) is 0 Å². The zero-order valence-corrected chi connectivity index (χ0v) is 13.4. The Morgan fingerprint density at radius 3 is 2.75 bits per heavy atom. The van der Waals surface area contributed by atoms with Gasteiger partial charge in [0.15, 0.2) is 3.95 Å². The number of aromatic nitrogens is 1. The number of likely N-dealkylation sites (N-methyl/N-ethyl adjacent to an activating group) is 1. The van der Waals surface area contributed by atoms with Crippen molar-refractivity contribution in [1.82, 2.24) is 9.88 Å². The van der Waals surface area contributed by atoms with Crippen LogP contribution in [0.1, 0.15) is 23.4 Å². The van der Waals surface area contributed by atoms with Gasteiger partial charge in [-0.2, -0.15) is 0 Å². The highest BCUT2D eigenvalue weighted by Crippen LogP contribution is 2.22. The predicted molar refractivity (Wildman–Crippen MR) is 80.6 cm³/mol. The average molecular weight is 316 g/mol. The van der Waals surface area contributed by atoms with Gasteiger partial charge in [-0.25, -0.2) is 0 Å². The van der Waals surface area contributed by atoms with Gasteiger partial charge >= 0.3 is 0 Å². The number of rotatable bonds is 4. The van der Waals surface area contributed by atoms with Crippen LogP contribution in [-0.4, -0.2) is 53.3 Å². The number of carbonyl (C=O) groups is 1. The van der Waals surface area contributed by atoms with Gasteiger partial charge in [0.25, 0.3) is 0 Å².